The Kier molecular flexibility index (Phi) is 13.9. The number of thiophene rings is 1. The highest BCUT2D eigenvalue weighted by Crippen LogP contribution is 2.21. The van der Waals surface area contributed by atoms with Crippen LogP contribution in [0.5, 0.6) is 0 Å². The average molecular weight is 431 g/mol. The lowest BCUT2D eigenvalue weighted by Crippen LogP contribution is -2.06. The largest absolute Gasteiger partial charge is 0.383 e. The maximum atomic E-state index is 10.9. The third-order valence-electron chi connectivity index (χ3n) is 3.19. The smallest absolute Gasteiger partial charge is 0.221 e. The number of hydrogen-bond acceptors (Lipinski definition) is 7. The predicted molar refractivity (Wildman–Crippen MR) is 132 cm³/mol. The Bertz CT molecular complexity index is 870. The SMILES string of the molecule is CC.CC.CC(=O)Nc1ccc(Nc2ncnc(N)c2C=N)cc1.Cc1ccsc1.[HH]. The van der Waals surface area contributed by atoms with Crippen molar-refractivity contribution < 1.29 is 6.22 Å². The molecule has 0 aliphatic carbocycles. The minimum Gasteiger partial charge on any atom is -0.383 e. The van der Waals surface area contributed by atoms with Crippen molar-refractivity contribution >= 4 is 46.5 Å². The molecule has 164 valence electrons. The summed E-state index contributed by atoms with van der Waals surface area (Å²) < 4.78 is 0. The number of nitrogens with zero attached hydrogens (tertiary/aromatic N) is 2. The zero-order chi connectivity index (χ0) is 22.9. The fraction of sp³-hybridized carbons (Fsp3) is 0.273. The molecule has 0 spiro atoms. The van der Waals surface area contributed by atoms with Gasteiger partial charge in [-0.2, -0.15) is 11.3 Å². The van der Waals surface area contributed by atoms with Gasteiger partial charge in [-0.25, -0.2) is 9.97 Å². The van der Waals surface area contributed by atoms with Crippen LogP contribution < -0.4 is 16.4 Å². The van der Waals surface area contributed by atoms with Crippen LogP contribution in [-0.2, 0) is 4.79 Å². The molecule has 0 aliphatic heterocycles. The van der Waals surface area contributed by atoms with E-state index in [1.54, 1.807) is 35.6 Å². The van der Waals surface area contributed by atoms with Crippen LogP contribution in [0.15, 0.2) is 47.4 Å². The number of benzene rings is 1. The standard InChI is InChI=1S/C13H14N6O.C5H6S.2C2H6.H2/c1-8(20)18-9-2-4-10(5-3-9)19-13-11(6-14)12(15)16-7-17-13;1-5-2-3-6-4-5;2*1-2;/h2-7,14H,1H3,(H,18,20)(H3,15,16,17,19);2-4H,1H3;2*1-2H3;1H. The summed E-state index contributed by atoms with van der Waals surface area (Å²) in [6.07, 6.45) is 2.43. The molecule has 0 saturated carbocycles. The summed E-state index contributed by atoms with van der Waals surface area (Å²) in [6.45, 7) is 11.5. The van der Waals surface area contributed by atoms with Crippen molar-refractivity contribution in [2.24, 2.45) is 0 Å². The van der Waals surface area contributed by atoms with Gasteiger partial charge in [0.2, 0.25) is 5.91 Å². The number of nitrogens with one attached hydrogen (secondary N) is 3. The minimum absolute atomic E-state index is 0. The Morgan fingerprint density at radius 3 is 2.13 bits per heavy atom. The molecule has 0 atom stereocenters. The predicted octanol–water partition coefficient (Wildman–Crippen LogP) is 6.11. The van der Waals surface area contributed by atoms with Crippen molar-refractivity contribution in [3.8, 4) is 0 Å². The molecular formula is C22H34N6OS. The maximum absolute atomic E-state index is 10.9. The van der Waals surface area contributed by atoms with Gasteiger partial charge in [-0.3, -0.25) is 4.79 Å². The summed E-state index contributed by atoms with van der Waals surface area (Å²) in [5, 5.41) is 17.3. The van der Waals surface area contributed by atoms with E-state index < -0.39 is 0 Å². The van der Waals surface area contributed by atoms with Crippen LogP contribution in [-0.4, -0.2) is 22.1 Å². The first-order valence-electron chi connectivity index (χ1n) is 9.74. The number of amides is 1. The molecule has 0 saturated heterocycles. The van der Waals surface area contributed by atoms with Crippen LogP contribution in [0.2, 0.25) is 0 Å². The summed E-state index contributed by atoms with van der Waals surface area (Å²) in [5.41, 5.74) is 8.94. The van der Waals surface area contributed by atoms with Gasteiger partial charge in [0, 0.05) is 25.9 Å². The number of carbonyl (C=O) groups excluding carboxylic acids is 1. The average Bonchev–Trinajstić information content (AvgIpc) is 3.24. The Balaban J connectivity index is 0. The number of hydrogen-bond donors (Lipinski definition) is 4. The summed E-state index contributed by atoms with van der Waals surface area (Å²) in [7, 11) is 0. The monoisotopic (exact) mass is 430 g/mol. The maximum Gasteiger partial charge on any atom is 0.221 e. The summed E-state index contributed by atoms with van der Waals surface area (Å²) in [4.78, 5) is 18.8. The lowest BCUT2D eigenvalue weighted by molar-refractivity contribution is -0.114. The van der Waals surface area contributed by atoms with Crippen molar-refractivity contribution in [1.82, 2.24) is 9.97 Å². The van der Waals surface area contributed by atoms with Crippen molar-refractivity contribution in [1.29, 1.82) is 5.41 Å². The molecule has 0 radical (unpaired) electrons. The first-order chi connectivity index (χ1) is 14.5. The Morgan fingerprint density at radius 1 is 1.10 bits per heavy atom. The number of rotatable bonds is 4. The molecule has 3 rings (SSSR count). The fourth-order valence-electron chi connectivity index (χ4n) is 1.96. The van der Waals surface area contributed by atoms with E-state index in [4.69, 9.17) is 11.1 Å². The van der Waals surface area contributed by atoms with E-state index in [1.165, 1.54) is 18.8 Å². The summed E-state index contributed by atoms with van der Waals surface area (Å²) >= 11 is 1.74. The molecule has 2 heterocycles. The van der Waals surface area contributed by atoms with Gasteiger partial charge in [-0.15, -0.1) is 0 Å². The topological polar surface area (TPSA) is 117 Å². The third-order valence-corrected chi connectivity index (χ3v) is 3.99. The molecule has 5 N–H and O–H groups in total. The van der Waals surface area contributed by atoms with Crippen LogP contribution in [0.1, 0.15) is 47.2 Å². The summed E-state index contributed by atoms with van der Waals surface area (Å²) in [5.74, 6) is 0.576. The second-order valence-corrected chi connectivity index (χ2v) is 6.13. The highest BCUT2D eigenvalue weighted by molar-refractivity contribution is 7.07. The lowest BCUT2D eigenvalue weighted by atomic mass is 10.2. The second kappa shape index (κ2) is 15.6. The zero-order valence-corrected chi connectivity index (χ0v) is 19.3. The Morgan fingerprint density at radius 2 is 1.70 bits per heavy atom. The van der Waals surface area contributed by atoms with Gasteiger partial charge < -0.3 is 21.8 Å². The van der Waals surface area contributed by atoms with Gasteiger partial charge >= 0.3 is 0 Å². The molecule has 2 aromatic heterocycles. The van der Waals surface area contributed by atoms with Crippen LogP contribution in [0.4, 0.5) is 23.0 Å². The van der Waals surface area contributed by atoms with Gasteiger partial charge in [0.15, 0.2) is 0 Å². The number of nitrogens with two attached hydrogens (primary N) is 1. The van der Waals surface area contributed by atoms with E-state index in [0.717, 1.165) is 11.9 Å². The molecule has 0 aliphatic rings. The highest BCUT2D eigenvalue weighted by Gasteiger charge is 2.07. The van der Waals surface area contributed by atoms with E-state index >= 15 is 0 Å². The molecule has 0 bridgehead atoms. The molecule has 0 unspecified atom stereocenters. The molecular weight excluding hydrogens is 396 g/mol. The Labute approximate surface area is 184 Å². The van der Waals surface area contributed by atoms with Crippen molar-refractivity contribution in [3.05, 3.63) is 58.5 Å². The first kappa shape index (κ1) is 26.7. The van der Waals surface area contributed by atoms with Crippen molar-refractivity contribution in [2.75, 3.05) is 16.4 Å². The van der Waals surface area contributed by atoms with Crippen molar-refractivity contribution in [2.45, 2.75) is 41.5 Å². The number of anilines is 4. The fourth-order valence-corrected chi connectivity index (χ4v) is 2.63. The minimum atomic E-state index is -0.125. The van der Waals surface area contributed by atoms with E-state index in [2.05, 4.69) is 44.4 Å². The molecule has 1 aromatic carbocycles. The number of nitrogen functional groups attached to an aromatic ring is 1. The first-order valence-corrected chi connectivity index (χ1v) is 10.7. The molecule has 8 heteroatoms. The highest BCUT2D eigenvalue weighted by atomic mass is 32.1. The summed E-state index contributed by atoms with van der Waals surface area (Å²) in [6, 6.07) is 9.20. The van der Waals surface area contributed by atoms with Crippen LogP contribution in [0, 0.1) is 12.3 Å². The zero-order valence-electron chi connectivity index (χ0n) is 18.5. The normalized spacial score (nSPS) is 8.73. The van der Waals surface area contributed by atoms with E-state index in [9.17, 15) is 4.79 Å². The van der Waals surface area contributed by atoms with Crippen LogP contribution >= 0.6 is 11.3 Å². The van der Waals surface area contributed by atoms with Crippen LogP contribution in [0.25, 0.3) is 0 Å². The molecule has 30 heavy (non-hydrogen) atoms. The Hall–Kier alpha value is -3.26. The van der Waals surface area contributed by atoms with Crippen LogP contribution in [0.3, 0.4) is 0 Å². The van der Waals surface area contributed by atoms with E-state index in [0.29, 0.717) is 17.1 Å². The number of aryl methyl sites for hydroxylation is 1. The van der Waals surface area contributed by atoms with Gasteiger partial charge in [0.1, 0.15) is 18.0 Å². The van der Waals surface area contributed by atoms with Gasteiger partial charge in [0.05, 0.1) is 5.56 Å². The number of aromatic nitrogens is 2. The van der Waals surface area contributed by atoms with Gasteiger partial charge in [0.25, 0.3) is 0 Å². The molecule has 1 amide bonds. The van der Waals surface area contributed by atoms with Crippen molar-refractivity contribution in [3.63, 3.8) is 0 Å². The van der Waals surface area contributed by atoms with E-state index in [1.807, 2.05) is 27.7 Å². The molecule has 0 fully saturated rings. The van der Waals surface area contributed by atoms with E-state index in [-0.39, 0.29) is 13.2 Å². The van der Waals surface area contributed by atoms with Gasteiger partial charge in [-0.05, 0) is 53.6 Å². The second-order valence-electron chi connectivity index (χ2n) is 5.35. The third kappa shape index (κ3) is 9.79. The quantitative estimate of drug-likeness (QED) is 0.372. The number of carbonyl (C=O) groups is 1. The van der Waals surface area contributed by atoms with Gasteiger partial charge in [-0.1, -0.05) is 27.7 Å². The molecule has 7 nitrogen and oxygen atoms in total. The molecule has 3 aromatic rings. The lowest BCUT2D eigenvalue weighted by Gasteiger charge is -2.10.